The second-order valence-electron chi connectivity index (χ2n) is 2.18. The molecule has 0 atom stereocenters. The highest BCUT2D eigenvalue weighted by Gasteiger charge is 2.04. The third kappa shape index (κ3) is 1.31. The molecule has 1 rings (SSSR count). The monoisotopic (exact) mass is 153 g/mol. The van der Waals surface area contributed by atoms with E-state index in [1.54, 1.807) is 0 Å². The van der Waals surface area contributed by atoms with E-state index < -0.39 is 0 Å². The fraction of sp³-hybridized carbons (Fsp3) is 0.333. The molecule has 0 aliphatic rings. The van der Waals surface area contributed by atoms with Gasteiger partial charge in [0.1, 0.15) is 0 Å². The molecule has 0 aromatic carbocycles. The number of anilines is 3. The van der Waals surface area contributed by atoms with E-state index in [1.165, 1.54) is 0 Å². The largest absolute Gasteiger partial charge is 0.394 e. The van der Waals surface area contributed by atoms with Crippen LogP contribution in [-0.2, 0) is 6.42 Å². The normalized spacial score (nSPS) is 9.91. The first kappa shape index (κ1) is 7.59. The van der Waals surface area contributed by atoms with Crippen molar-refractivity contribution in [3.63, 3.8) is 0 Å². The fourth-order valence-corrected chi connectivity index (χ4v) is 0.824. The van der Waals surface area contributed by atoms with Gasteiger partial charge in [0.2, 0.25) is 5.95 Å². The van der Waals surface area contributed by atoms with E-state index in [1.807, 2.05) is 6.92 Å². The molecule has 1 aromatic heterocycles. The van der Waals surface area contributed by atoms with Gasteiger partial charge in [0.25, 0.3) is 0 Å². The van der Waals surface area contributed by atoms with Crippen molar-refractivity contribution >= 4 is 17.5 Å². The standard InChI is InChI=1S/C6H11N5/c1-2-3-4(7)5(8)11-6(9)10-3/h2,7H2,1H3,(H4,8,9,10,11). The quantitative estimate of drug-likeness (QED) is 0.517. The number of aromatic nitrogens is 2. The van der Waals surface area contributed by atoms with Crippen molar-refractivity contribution in [3.8, 4) is 0 Å². The molecule has 0 unspecified atom stereocenters. The van der Waals surface area contributed by atoms with Crippen LogP contribution in [0.1, 0.15) is 12.6 Å². The minimum atomic E-state index is 0.175. The van der Waals surface area contributed by atoms with Crippen molar-refractivity contribution in [1.29, 1.82) is 0 Å². The summed E-state index contributed by atoms with van der Waals surface area (Å²) < 4.78 is 0. The van der Waals surface area contributed by atoms with Crippen LogP contribution in [0.25, 0.3) is 0 Å². The molecule has 0 fully saturated rings. The zero-order valence-electron chi connectivity index (χ0n) is 6.33. The molecule has 11 heavy (non-hydrogen) atoms. The van der Waals surface area contributed by atoms with E-state index in [-0.39, 0.29) is 11.8 Å². The summed E-state index contributed by atoms with van der Waals surface area (Å²) in [6.45, 7) is 1.93. The number of nitrogens with two attached hydrogens (primary N) is 3. The van der Waals surface area contributed by atoms with E-state index >= 15 is 0 Å². The second-order valence-corrected chi connectivity index (χ2v) is 2.18. The Kier molecular flexibility index (Phi) is 1.80. The van der Waals surface area contributed by atoms with Gasteiger partial charge in [-0.3, -0.25) is 0 Å². The zero-order chi connectivity index (χ0) is 8.43. The number of hydrogen-bond acceptors (Lipinski definition) is 5. The molecule has 5 nitrogen and oxygen atoms in total. The van der Waals surface area contributed by atoms with Crippen molar-refractivity contribution in [2.24, 2.45) is 0 Å². The number of rotatable bonds is 1. The van der Waals surface area contributed by atoms with E-state index in [4.69, 9.17) is 17.2 Å². The number of nitrogens with zero attached hydrogens (tertiary/aromatic N) is 2. The lowest BCUT2D eigenvalue weighted by atomic mass is 10.3. The summed E-state index contributed by atoms with van der Waals surface area (Å²) in [6.07, 6.45) is 0.711. The summed E-state index contributed by atoms with van der Waals surface area (Å²) in [6, 6.07) is 0. The lowest BCUT2D eigenvalue weighted by Gasteiger charge is -2.04. The minimum absolute atomic E-state index is 0.175. The highest BCUT2D eigenvalue weighted by molar-refractivity contribution is 5.62. The Balaban J connectivity index is 3.24. The van der Waals surface area contributed by atoms with Crippen molar-refractivity contribution in [3.05, 3.63) is 5.69 Å². The predicted octanol–water partition coefficient (Wildman–Crippen LogP) is -0.214. The molecular weight excluding hydrogens is 142 g/mol. The third-order valence-electron chi connectivity index (χ3n) is 1.41. The first-order valence-electron chi connectivity index (χ1n) is 3.32. The van der Waals surface area contributed by atoms with Crippen LogP contribution in [0.2, 0.25) is 0 Å². The number of hydrogen-bond donors (Lipinski definition) is 3. The topological polar surface area (TPSA) is 104 Å². The molecule has 0 bridgehead atoms. The Morgan fingerprint density at radius 2 is 1.82 bits per heavy atom. The molecular formula is C6H11N5. The molecule has 0 saturated carbocycles. The van der Waals surface area contributed by atoms with Crippen molar-refractivity contribution in [1.82, 2.24) is 9.97 Å². The van der Waals surface area contributed by atoms with Gasteiger partial charge in [-0.2, -0.15) is 4.98 Å². The summed E-state index contributed by atoms with van der Waals surface area (Å²) in [4.78, 5) is 7.61. The molecule has 60 valence electrons. The SMILES string of the molecule is CCc1nc(N)nc(N)c1N. The molecule has 0 aliphatic carbocycles. The smallest absolute Gasteiger partial charge is 0.222 e. The zero-order valence-corrected chi connectivity index (χ0v) is 6.33. The Morgan fingerprint density at radius 1 is 1.18 bits per heavy atom. The van der Waals surface area contributed by atoms with Crippen molar-refractivity contribution in [2.45, 2.75) is 13.3 Å². The number of aryl methyl sites for hydroxylation is 1. The van der Waals surface area contributed by atoms with Crippen LogP contribution in [0, 0.1) is 0 Å². The summed E-state index contributed by atoms with van der Waals surface area (Å²) >= 11 is 0. The van der Waals surface area contributed by atoms with Crippen LogP contribution in [0.15, 0.2) is 0 Å². The second kappa shape index (κ2) is 2.61. The molecule has 6 N–H and O–H groups in total. The van der Waals surface area contributed by atoms with Gasteiger partial charge in [-0.05, 0) is 6.42 Å². The fourth-order valence-electron chi connectivity index (χ4n) is 0.824. The van der Waals surface area contributed by atoms with Gasteiger partial charge in [-0.25, -0.2) is 4.98 Å². The summed E-state index contributed by atoms with van der Waals surface area (Å²) in [5, 5.41) is 0. The van der Waals surface area contributed by atoms with Crippen molar-refractivity contribution < 1.29 is 0 Å². The molecule has 5 heteroatoms. The Morgan fingerprint density at radius 3 is 2.36 bits per heavy atom. The molecule has 0 radical (unpaired) electrons. The van der Waals surface area contributed by atoms with Crippen LogP contribution in [0.4, 0.5) is 17.5 Å². The molecule has 1 aromatic rings. The van der Waals surface area contributed by atoms with Gasteiger partial charge in [-0.15, -0.1) is 0 Å². The first-order chi connectivity index (χ1) is 5.15. The summed E-state index contributed by atoms with van der Waals surface area (Å²) in [5.41, 5.74) is 17.5. The predicted molar refractivity (Wildman–Crippen MR) is 44.6 cm³/mol. The van der Waals surface area contributed by atoms with E-state index in [0.717, 1.165) is 0 Å². The van der Waals surface area contributed by atoms with E-state index in [2.05, 4.69) is 9.97 Å². The molecule has 0 amide bonds. The van der Waals surface area contributed by atoms with Crippen LogP contribution in [0.5, 0.6) is 0 Å². The third-order valence-corrected chi connectivity index (χ3v) is 1.41. The Hall–Kier alpha value is -1.52. The maximum absolute atomic E-state index is 5.56. The van der Waals surface area contributed by atoms with Crippen LogP contribution in [-0.4, -0.2) is 9.97 Å². The number of nitrogen functional groups attached to an aromatic ring is 3. The van der Waals surface area contributed by atoms with Gasteiger partial charge >= 0.3 is 0 Å². The van der Waals surface area contributed by atoms with Gasteiger partial charge in [0.05, 0.1) is 11.4 Å². The average molecular weight is 153 g/mol. The highest BCUT2D eigenvalue weighted by Crippen LogP contribution is 2.16. The Labute approximate surface area is 64.6 Å². The van der Waals surface area contributed by atoms with Gasteiger partial charge in [0.15, 0.2) is 5.82 Å². The summed E-state index contributed by atoms with van der Waals surface area (Å²) in [5.74, 6) is 0.433. The average Bonchev–Trinajstić information content (AvgIpc) is 1.96. The lowest BCUT2D eigenvalue weighted by molar-refractivity contribution is 1.02. The molecule has 1 heterocycles. The minimum Gasteiger partial charge on any atom is -0.394 e. The first-order valence-corrected chi connectivity index (χ1v) is 3.32. The summed E-state index contributed by atoms with van der Waals surface area (Å²) in [7, 11) is 0. The van der Waals surface area contributed by atoms with E-state index in [9.17, 15) is 0 Å². The Bertz CT molecular complexity index is 270. The lowest BCUT2D eigenvalue weighted by Crippen LogP contribution is -2.07. The molecule has 0 spiro atoms. The van der Waals surface area contributed by atoms with Crippen LogP contribution >= 0.6 is 0 Å². The van der Waals surface area contributed by atoms with Crippen molar-refractivity contribution in [2.75, 3.05) is 17.2 Å². The van der Waals surface area contributed by atoms with Gasteiger partial charge in [0, 0.05) is 0 Å². The van der Waals surface area contributed by atoms with Gasteiger partial charge in [-0.1, -0.05) is 6.92 Å². The maximum atomic E-state index is 5.56. The van der Waals surface area contributed by atoms with Crippen LogP contribution in [0.3, 0.4) is 0 Å². The van der Waals surface area contributed by atoms with Crippen LogP contribution < -0.4 is 17.2 Å². The molecule has 0 saturated heterocycles. The highest BCUT2D eigenvalue weighted by atomic mass is 15.1. The maximum Gasteiger partial charge on any atom is 0.222 e. The van der Waals surface area contributed by atoms with E-state index in [0.29, 0.717) is 17.8 Å². The van der Waals surface area contributed by atoms with Gasteiger partial charge < -0.3 is 17.2 Å². The molecule has 0 aliphatic heterocycles.